The van der Waals surface area contributed by atoms with Crippen molar-refractivity contribution in [1.82, 2.24) is 19.6 Å². The van der Waals surface area contributed by atoms with Gasteiger partial charge in [0.15, 0.2) is 9.35 Å². The summed E-state index contributed by atoms with van der Waals surface area (Å²) in [5, 5.41) is 13.9. The molecule has 0 fully saturated rings. The first kappa shape index (κ1) is 19.6. The van der Waals surface area contributed by atoms with Crippen molar-refractivity contribution in [2.24, 2.45) is 7.05 Å². The Bertz CT molecular complexity index is 1190. The zero-order valence-electron chi connectivity index (χ0n) is 15.7. The van der Waals surface area contributed by atoms with Crippen LogP contribution in [-0.4, -0.2) is 31.2 Å². The number of thiophene rings is 1. The molecule has 4 rings (SSSR count). The molecule has 148 valence electrons. The van der Waals surface area contributed by atoms with Gasteiger partial charge in [0.25, 0.3) is 5.56 Å². The topological polar surface area (TPSA) is 81.8 Å². The molecular weight excluding hydrogens is 426 g/mol. The Labute approximate surface area is 179 Å². The van der Waals surface area contributed by atoms with Crippen molar-refractivity contribution in [2.75, 3.05) is 11.1 Å². The van der Waals surface area contributed by atoms with Crippen molar-refractivity contribution in [1.29, 1.82) is 0 Å². The van der Waals surface area contributed by atoms with E-state index in [1.54, 1.807) is 23.1 Å². The van der Waals surface area contributed by atoms with E-state index in [9.17, 15) is 9.59 Å². The normalized spacial score (nSPS) is 11.0. The van der Waals surface area contributed by atoms with Gasteiger partial charge >= 0.3 is 0 Å². The third-order valence-corrected chi connectivity index (χ3v) is 7.38. The molecule has 10 heteroatoms. The minimum atomic E-state index is -0.259. The van der Waals surface area contributed by atoms with Crippen LogP contribution in [-0.2, 0) is 11.8 Å². The minimum absolute atomic E-state index is 0.151. The van der Waals surface area contributed by atoms with Crippen molar-refractivity contribution < 1.29 is 4.79 Å². The maximum Gasteiger partial charge on any atom is 0.295 e. The lowest BCUT2D eigenvalue weighted by Crippen LogP contribution is -2.23. The van der Waals surface area contributed by atoms with Crippen LogP contribution in [0.25, 0.3) is 15.6 Å². The smallest absolute Gasteiger partial charge is 0.295 e. The van der Waals surface area contributed by atoms with E-state index in [1.807, 2.05) is 54.8 Å². The number of carbonyl (C=O) groups excluding carboxylic acids is 1. The quantitative estimate of drug-likeness (QED) is 0.459. The van der Waals surface area contributed by atoms with Gasteiger partial charge in [-0.2, -0.15) is 0 Å². The van der Waals surface area contributed by atoms with Gasteiger partial charge in [-0.25, -0.2) is 4.68 Å². The predicted molar refractivity (Wildman–Crippen MR) is 118 cm³/mol. The van der Waals surface area contributed by atoms with Gasteiger partial charge in [-0.3, -0.25) is 14.3 Å². The van der Waals surface area contributed by atoms with Crippen LogP contribution in [0.15, 0.2) is 57.0 Å². The second-order valence-electron chi connectivity index (χ2n) is 6.12. The zero-order valence-corrected chi connectivity index (χ0v) is 18.1. The molecule has 0 aliphatic rings. The van der Waals surface area contributed by atoms with Gasteiger partial charge in [0, 0.05) is 7.05 Å². The first-order valence-electron chi connectivity index (χ1n) is 8.68. The Kier molecular flexibility index (Phi) is 5.65. The van der Waals surface area contributed by atoms with Crippen LogP contribution < -0.4 is 10.9 Å². The summed E-state index contributed by atoms with van der Waals surface area (Å²) in [6, 6.07) is 13.3. The highest BCUT2D eigenvalue weighted by Crippen LogP contribution is 2.31. The third kappa shape index (κ3) is 4.04. The lowest BCUT2D eigenvalue weighted by atomic mass is 10.3. The van der Waals surface area contributed by atoms with E-state index in [0.29, 0.717) is 11.4 Å². The number of thioether (sulfide) groups is 1. The van der Waals surface area contributed by atoms with Crippen LogP contribution in [0.5, 0.6) is 0 Å². The molecule has 0 unspecified atom stereocenters. The monoisotopic (exact) mass is 443 g/mol. The van der Waals surface area contributed by atoms with Crippen LogP contribution in [0.2, 0.25) is 0 Å². The van der Waals surface area contributed by atoms with Crippen molar-refractivity contribution in [3.63, 3.8) is 0 Å². The van der Waals surface area contributed by atoms with E-state index in [1.165, 1.54) is 27.8 Å². The standard InChI is InChI=1S/C19H17N5O2S3/c1-12-16(18(26)24(23(12)2)13-7-4-3-5-8-13)20-15(25)11-28-19-22-21-17(29-19)14-9-6-10-27-14/h3-10H,11H2,1-2H3,(H,20,25). The zero-order chi connectivity index (χ0) is 20.4. The molecule has 3 aromatic heterocycles. The van der Waals surface area contributed by atoms with E-state index >= 15 is 0 Å². The lowest BCUT2D eigenvalue weighted by Gasteiger charge is -2.07. The second-order valence-corrected chi connectivity index (χ2v) is 9.27. The number of amides is 1. The van der Waals surface area contributed by atoms with Gasteiger partial charge < -0.3 is 5.32 Å². The van der Waals surface area contributed by atoms with Crippen molar-refractivity contribution in [3.8, 4) is 15.6 Å². The molecule has 0 bridgehead atoms. The molecular formula is C19H17N5O2S3. The Morgan fingerprint density at radius 3 is 2.69 bits per heavy atom. The largest absolute Gasteiger partial charge is 0.319 e. The van der Waals surface area contributed by atoms with Gasteiger partial charge in [-0.1, -0.05) is 47.4 Å². The van der Waals surface area contributed by atoms with E-state index in [0.717, 1.165) is 19.9 Å². The third-order valence-electron chi connectivity index (χ3n) is 4.28. The maximum absolute atomic E-state index is 12.9. The van der Waals surface area contributed by atoms with Crippen LogP contribution in [0, 0.1) is 6.92 Å². The van der Waals surface area contributed by atoms with Crippen molar-refractivity contribution >= 4 is 46.0 Å². The molecule has 0 spiro atoms. The van der Waals surface area contributed by atoms with Gasteiger partial charge in [0.2, 0.25) is 5.91 Å². The molecule has 0 saturated heterocycles. The average Bonchev–Trinajstić information content (AvgIpc) is 3.45. The summed E-state index contributed by atoms with van der Waals surface area (Å²) in [6.45, 7) is 1.81. The van der Waals surface area contributed by atoms with E-state index in [-0.39, 0.29) is 17.2 Å². The van der Waals surface area contributed by atoms with Crippen LogP contribution >= 0.6 is 34.4 Å². The van der Waals surface area contributed by atoms with E-state index in [4.69, 9.17) is 0 Å². The number of para-hydroxylation sites is 1. The molecule has 0 radical (unpaired) electrons. The van der Waals surface area contributed by atoms with E-state index < -0.39 is 0 Å². The highest BCUT2D eigenvalue weighted by Gasteiger charge is 2.18. The summed E-state index contributed by atoms with van der Waals surface area (Å²) in [4.78, 5) is 26.4. The molecule has 1 aromatic carbocycles. The number of aromatic nitrogens is 4. The molecule has 1 N–H and O–H groups in total. The molecule has 4 aromatic rings. The van der Waals surface area contributed by atoms with Gasteiger partial charge in [-0.05, 0) is 30.5 Å². The summed E-state index contributed by atoms with van der Waals surface area (Å²) in [6.07, 6.45) is 0. The first-order valence-corrected chi connectivity index (χ1v) is 11.4. The lowest BCUT2D eigenvalue weighted by molar-refractivity contribution is -0.113. The Hall–Kier alpha value is -2.69. The summed E-state index contributed by atoms with van der Waals surface area (Å²) >= 11 is 4.36. The molecule has 0 aliphatic carbocycles. The molecule has 0 saturated carbocycles. The summed E-state index contributed by atoms with van der Waals surface area (Å²) in [5.41, 5.74) is 1.46. The SMILES string of the molecule is Cc1c(NC(=O)CSc2nnc(-c3cccs3)s2)c(=O)n(-c2ccccc2)n1C. The average molecular weight is 444 g/mol. The number of hydrogen-bond acceptors (Lipinski definition) is 7. The molecule has 3 heterocycles. The summed E-state index contributed by atoms with van der Waals surface area (Å²) in [5.74, 6) is -0.105. The van der Waals surface area contributed by atoms with Gasteiger partial charge in [0.05, 0.1) is 22.0 Å². The predicted octanol–water partition coefficient (Wildman–Crippen LogP) is 3.80. The number of rotatable bonds is 6. The summed E-state index contributed by atoms with van der Waals surface area (Å²) in [7, 11) is 1.79. The first-order chi connectivity index (χ1) is 14.0. The molecule has 7 nitrogen and oxygen atoms in total. The highest BCUT2D eigenvalue weighted by molar-refractivity contribution is 8.01. The van der Waals surface area contributed by atoms with Gasteiger partial charge in [0.1, 0.15) is 5.69 Å². The fourth-order valence-electron chi connectivity index (χ4n) is 2.78. The molecule has 29 heavy (non-hydrogen) atoms. The minimum Gasteiger partial charge on any atom is -0.319 e. The van der Waals surface area contributed by atoms with E-state index in [2.05, 4.69) is 15.5 Å². The summed E-state index contributed by atoms with van der Waals surface area (Å²) < 4.78 is 3.99. The Balaban J connectivity index is 1.46. The van der Waals surface area contributed by atoms with Crippen molar-refractivity contribution in [3.05, 3.63) is 63.9 Å². The molecule has 1 amide bonds. The maximum atomic E-state index is 12.9. The number of carbonyl (C=O) groups is 1. The Morgan fingerprint density at radius 2 is 1.97 bits per heavy atom. The molecule has 0 atom stereocenters. The number of nitrogens with zero attached hydrogens (tertiary/aromatic N) is 4. The van der Waals surface area contributed by atoms with Crippen LogP contribution in [0.4, 0.5) is 5.69 Å². The van der Waals surface area contributed by atoms with Crippen LogP contribution in [0.3, 0.4) is 0 Å². The number of hydrogen-bond donors (Lipinski definition) is 1. The fourth-order valence-corrected chi connectivity index (χ4v) is 5.23. The fraction of sp³-hybridized carbons (Fsp3) is 0.158. The van der Waals surface area contributed by atoms with Gasteiger partial charge in [-0.15, -0.1) is 21.5 Å². The molecule has 0 aliphatic heterocycles. The van der Waals surface area contributed by atoms with Crippen molar-refractivity contribution in [2.45, 2.75) is 11.3 Å². The highest BCUT2D eigenvalue weighted by atomic mass is 32.2. The number of benzene rings is 1. The number of nitrogens with one attached hydrogen (secondary N) is 1. The Morgan fingerprint density at radius 1 is 1.17 bits per heavy atom. The second kappa shape index (κ2) is 8.36. The van der Waals surface area contributed by atoms with Crippen LogP contribution in [0.1, 0.15) is 5.69 Å². The number of anilines is 1.